The lowest BCUT2D eigenvalue weighted by molar-refractivity contribution is 0.577. The SMILES string of the molecule is Cc1sc(Br)cc1S(=O)(=O)NC(C)C#N. The van der Waals surface area contributed by atoms with Gasteiger partial charge in [0.1, 0.15) is 6.04 Å². The zero-order valence-electron chi connectivity index (χ0n) is 8.11. The molecule has 0 radical (unpaired) electrons. The van der Waals surface area contributed by atoms with Crippen LogP contribution in [0.1, 0.15) is 11.8 Å². The maximum Gasteiger partial charge on any atom is 0.242 e. The Morgan fingerprint density at radius 3 is 2.67 bits per heavy atom. The third kappa shape index (κ3) is 3.01. The Morgan fingerprint density at radius 2 is 2.27 bits per heavy atom. The molecule has 0 aliphatic carbocycles. The van der Waals surface area contributed by atoms with Crippen LogP contribution in [0.4, 0.5) is 0 Å². The highest BCUT2D eigenvalue weighted by molar-refractivity contribution is 9.11. The Hall–Kier alpha value is -0.420. The molecule has 0 spiro atoms. The molecule has 0 aliphatic rings. The summed E-state index contributed by atoms with van der Waals surface area (Å²) in [5, 5.41) is 8.54. The van der Waals surface area contributed by atoms with Gasteiger partial charge in [-0.05, 0) is 35.8 Å². The molecule has 1 atom stereocenters. The number of thiophene rings is 1. The van der Waals surface area contributed by atoms with Crippen molar-refractivity contribution in [2.24, 2.45) is 0 Å². The van der Waals surface area contributed by atoms with Gasteiger partial charge in [-0.25, -0.2) is 8.42 Å². The summed E-state index contributed by atoms with van der Waals surface area (Å²) in [6.45, 7) is 3.22. The average Bonchev–Trinajstić information content (AvgIpc) is 2.45. The topological polar surface area (TPSA) is 70.0 Å². The van der Waals surface area contributed by atoms with Crippen LogP contribution in [0.3, 0.4) is 0 Å². The van der Waals surface area contributed by atoms with Crippen LogP contribution < -0.4 is 4.72 Å². The Labute approximate surface area is 101 Å². The lowest BCUT2D eigenvalue weighted by Crippen LogP contribution is -2.31. The summed E-state index contributed by atoms with van der Waals surface area (Å²) in [6.07, 6.45) is 0. The summed E-state index contributed by atoms with van der Waals surface area (Å²) < 4.78 is 26.5. The molecule has 0 bridgehead atoms. The van der Waals surface area contributed by atoms with Crippen LogP contribution in [0.25, 0.3) is 0 Å². The van der Waals surface area contributed by atoms with Crippen LogP contribution >= 0.6 is 27.3 Å². The fourth-order valence-electron chi connectivity index (χ4n) is 1.02. The van der Waals surface area contributed by atoms with E-state index in [1.165, 1.54) is 24.3 Å². The van der Waals surface area contributed by atoms with E-state index in [1.54, 1.807) is 6.92 Å². The van der Waals surface area contributed by atoms with Gasteiger partial charge >= 0.3 is 0 Å². The highest BCUT2D eigenvalue weighted by atomic mass is 79.9. The lowest BCUT2D eigenvalue weighted by atomic mass is 10.4. The predicted molar refractivity (Wildman–Crippen MR) is 62.2 cm³/mol. The second-order valence-corrected chi connectivity index (χ2v) is 7.26. The van der Waals surface area contributed by atoms with Crippen molar-refractivity contribution < 1.29 is 8.42 Å². The highest BCUT2D eigenvalue weighted by Crippen LogP contribution is 2.29. The number of halogens is 1. The molecule has 15 heavy (non-hydrogen) atoms. The molecule has 1 unspecified atom stereocenters. The molecule has 1 N–H and O–H groups in total. The van der Waals surface area contributed by atoms with Crippen LogP contribution in [-0.2, 0) is 10.0 Å². The van der Waals surface area contributed by atoms with Crippen LogP contribution in [0.15, 0.2) is 14.7 Å². The van der Waals surface area contributed by atoms with Crippen LogP contribution in [0.2, 0.25) is 0 Å². The summed E-state index contributed by atoms with van der Waals surface area (Å²) >= 11 is 4.57. The fourth-order valence-corrected chi connectivity index (χ4v) is 4.58. The Balaban J connectivity index is 3.08. The van der Waals surface area contributed by atoms with E-state index in [1.807, 2.05) is 6.07 Å². The van der Waals surface area contributed by atoms with Crippen molar-refractivity contribution in [2.45, 2.75) is 24.8 Å². The minimum absolute atomic E-state index is 0.224. The first-order valence-corrected chi connectivity index (χ1v) is 7.14. The fraction of sp³-hybridized carbons (Fsp3) is 0.375. The predicted octanol–water partition coefficient (Wildman–Crippen LogP) is 2.01. The van der Waals surface area contributed by atoms with Crippen LogP contribution in [0.5, 0.6) is 0 Å². The standard InChI is InChI=1S/C8H9BrN2O2S2/c1-5(4-10)11-15(12,13)7-3-8(9)14-6(7)2/h3,5,11H,1-2H3. The van der Waals surface area contributed by atoms with Crippen molar-refractivity contribution in [1.82, 2.24) is 4.72 Å². The van der Waals surface area contributed by atoms with Gasteiger partial charge in [-0.2, -0.15) is 9.98 Å². The second kappa shape index (κ2) is 4.61. The van der Waals surface area contributed by atoms with Crippen molar-refractivity contribution in [1.29, 1.82) is 5.26 Å². The van der Waals surface area contributed by atoms with E-state index in [9.17, 15) is 8.42 Å². The van der Waals surface area contributed by atoms with Crippen molar-refractivity contribution in [3.05, 3.63) is 14.7 Å². The molecule has 0 amide bonds. The summed E-state index contributed by atoms with van der Waals surface area (Å²) in [4.78, 5) is 0.918. The molecule has 0 saturated heterocycles. The van der Waals surface area contributed by atoms with Crippen molar-refractivity contribution >= 4 is 37.3 Å². The molecule has 1 rings (SSSR count). The first-order chi connectivity index (χ1) is 6.86. The van der Waals surface area contributed by atoms with Gasteiger partial charge in [0.15, 0.2) is 0 Å². The first kappa shape index (κ1) is 12.6. The van der Waals surface area contributed by atoms with E-state index in [2.05, 4.69) is 20.7 Å². The molecule has 0 fully saturated rings. The number of aryl methyl sites for hydroxylation is 1. The Bertz CT molecular complexity index is 501. The van der Waals surface area contributed by atoms with E-state index in [-0.39, 0.29) is 4.90 Å². The lowest BCUT2D eigenvalue weighted by Gasteiger charge is -2.06. The molecule has 1 aromatic rings. The monoisotopic (exact) mass is 308 g/mol. The zero-order valence-corrected chi connectivity index (χ0v) is 11.3. The number of hydrogen-bond donors (Lipinski definition) is 1. The maximum atomic E-state index is 11.8. The minimum atomic E-state index is -3.57. The quantitative estimate of drug-likeness (QED) is 0.928. The molecule has 82 valence electrons. The minimum Gasteiger partial charge on any atom is -0.207 e. The summed E-state index contributed by atoms with van der Waals surface area (Å²) in [6, 6.07) is 2.62. The molecular formula is C8H9BrN2O2S2. The van der Waals surface area contributed by atoms with Gasteiger partial charge in [0.25, 0.3) is 0 Å². The molecule has 1 heterocycles. The van der Waals surface area contributed by atoms with E-state index >= 15 is 0 Å². The Kier molecular flexibility index (Phi) is 3.89. The molecule has 0 saturated carbocycles. The molecule has 4 nitrogen and oxygen atoms in total. The van der Waals surface area contributed by atoms with Gasteiger partial charge < -0.3 is 0 Å². The van der Waals surface area contributed by atoms with Gasteiger partial charge in [0.2, 0.25) is 10.0 Å². The van der Waals surface area contributed by atoms with Crippen LogP contribution in [-0.4, -0.2) is 14.5 Å². The molecule has 1 aromatic heterocycles. The van der Waals surface area contributed by atoms with E-state index in [0.29, 0.717) is 4.88 Å². The van der Waals surface area contributed by atoms with Crippen molar-refractivity contribution in [2.75, 3.05) is 0 Å². The molecule has 7 heteroatoms. The molecule has 0 aromatic carbocycles. The van der Waals surface area contributed by atoms with E-state index in [0.717, 1.165) is 3.79 Å². The summed E-state index contributed by atoms with van der Waals surface area (Å²) in [5.74, 6) is 0. The van der Waals surface area contributed by atoms with Gasteiger partial charge in [-0.3, -0.25) is 0 Å². The number of rotatable bonds is 3. The number of nitrogens with zero attached hydrogens (tertiary/aromatic N) is 1. The average molecular weight is 309 g/mol. The number of nitriles is 1. The van der Waals surface area contributed by atoms with Gasteiger partial charge in [-0.15, -0.1) is 11.3 Å². The zero-order chi connectivity index (χ0) is 11.6. The number of nitrogens with one attached hydrogen (secondary N) is 1. The van der Waals surface area contributed by atoms with Gasteiger partial charge in [0, 0.05) is 4.88 Å². The maximum absolute atomic E-state index is 11.8. The van der Waals surface area contributed by atoms with Crippen molar-refractivity contribution in [3.63, 3.8) is 0 Å². The largest absolute Gasteiger partial charge is 0.242 e. The van der Waals surface area contributed by atoms with Gasteiger partial charge in [-0.1, -0.05) is 0 Å². The highest BCUT2D eigenvalue weighted by Gasteiger charge is 2.21. The number of sulfonamides is 1. The van der Waals surface area contributed by atoms with Crippen LogP contribution in [0, 0.1) is 18.3 Å². The normalized spacial score (nSPS) is 13.5. The Morgan fingerprint density at radius 1 is 1.67 bits per heavy atom. The molecule has 0 aliphatic heterocycles. The molecular weight excluding hydrogens is 300 g/mol. The van der Waals surface area contributed by atoms with E-state index in [4.69, 9.17) is 5.26 Å². The number of hydrogen-bond acceptors (Lipinski definition) is 4. The van der Waals surface area contributed by atoms with E-state index < -0.39 is 16.1 Å². The first-order valence-electron chi connectivity index (χ1n) is 4.04. The smallest absolute Gasteiger partial charge is 0.207 e. The second-order valence-electron chi connectivity index (χ2n) is 2.94. The third-order valence-corrected chi connectivity index (χ3v) is 5.01. The summed E-state index contributed by atoms with van der Waals surface area (Å²) in [7, 11) is -3.57. The van der Waals surface area contributed by atoms with Gasteiger partial charge in [0.05, 0.1) is 14.8 Å². The third-order valence-electron chi connectivity index (χ3n) is 1.66. The summed E-state index contributed by atoms with van der Waals surface area (Å²) in [5.41, 5.74) is 0. The van der Waals surface area contributed by atoms with Crippen molar-refractivity contribution in [3.8, 4) is 6.07 Å².